The molecule has 0 aliphatic rings. The highest BCUT2D eigenvalue weighted by Gasteiger charge is 2.21. The zero-order valence-corrected chi connectivity index (χ0v) is 18.8. The van der Waals surface area contributed by atoms with Gasteiger partial charge in [-0.1, -0.05) is 26.0 Å². The summed E-state index contributed by atoms with van der Waals surface area (Å²) in [4.78, 5) is 14.2. The number of hydrogen-bond acceptors (Lipinski definition) is 4. The number of hydrogen-bond donors (Lipinski definition) is 1. The Labute approximate surface area is 178 Å². The molecular weight excluding hydrogens is 407 g/mol. The lowest BCUT2D eigenvalue weighted by molar-refractivity contribution is 0.179. The minimum absolute atomic E-state index is 0.130. The first kappa shape index (κ1) is 23.7. The molecule has 0 bridgehead atoms. The molecule has 0 unspecified atom stereocenters. The Morgan fingerprint density at radius 3 is 2.13 bits per heavy atom. The minimum atomic E-state index is -4.06. The van der Waals surface area contributed by atoms with Gasteiger partial charge in [-0.3, -0.25) is 0 Å². The molecule has 6 nitrogen and oxygen atoms in total. The van der Waals surface area contributed by atoms with Gasteiger partial charge in [-0.05, 0) is 68.7 Å². The smallest absolute Gasteiger partial charge is 0.339 e. The number of carbonyl (C=O) groups is 1. The van der Waals surface area contributed by atoms with Gasteiger partial charge < -0.3 is 14.4 Å². The van der Waals surface area contributed by atoms with Crippen LogP contribution in [0.4, 0.5) is 9.18 Å². The monoisotopic (exact) mass is 436 g/mol. The Kier molecular flexibility index (Phi) is 7.47. The van der Waals surface area contributed by atoms with Crippen LogP contribution in [0.2, 0.25) is 0 Å². The van der Waals surface area contributed by atoms with Crippen LogP contribution >= 0.6 is 0 Å². The van der Waals surface area contributed by atoms with Crippen LogP contribution in [0, 0.1) is 11.7 Å². The van der Waals surface area contributed by atoms with Crippen molar-refractivity contribution in [2.75, 3.05) is 6.54 Å². The first-order valence-corrected chi connectivity index (χ1v) is 11.1. The van der Waals surface area contributed by atoms with Gasteiger partial charge in [0.1, 0.15) is 16.5 Å². The molecule has 0 saturated heterocycles. The lowest BCUT2D eigenvalue weighted by Crippen LogP contribution is -2.49. The van der Waals surface area contributed by atoms with Crippen molar-refractivity contribution < 1.29 is 21.8 Å². The number of nitrogens with one attached hydrogen (secondary N) is 1. The van der Waals surface area contributed by atoms with Gasteiger partial charge in [0.2, 0.25) is 0 Å². The molecule has 0 saturated carbocycles. The SMILES string of the molecule is CC(C)CN(Cc1ccc(OS(=O)(=O)c2ccc(F)cc2)cc1)C(=O)NC(C)(C)C. The molecule has 0 atom stereocenters. The normalized spacial score (nSPS) is 12.0. The predicted molar refractivity (Wildman–Crippen MR) is 114 cm³/mol. The summed E-state index contributed by atoms with van der Waals surface area (Å²) in [5, 5.41) is 2.97. The molecule has 0 radical (unpaired) electrons. The predicted octanol–water partition coefficient (Wildman–Crippen LogP) is 4.56. The van der Waals surface area contributed by atoms with E-state index in [1.54, 1.807) is 17.0 Å². The average Bonchev–Trinajstić information content (AvgIpc) is 2.61. The number of benzene rings is 2. The molecule has 0 aliphatic heterocycles. The quantitative estimate of drug-likeness (QED) is 0.646. The van der Waals surface area contributed by atoms with Crippen molar-refractivity contribution in [3.05, 3.63) is 59.9 Å². The Hall–Kier alpha value is -2.61. The summed E-state index contributed by atoms with van der Waals surface area (Å²) in [6, 6.07) is 10.8. The van der Waals surface area contributed by atoms with Crippen molar-refractivity contribution >= 4 is 16.1 Å². The zero-order chi connectivity index (χ0) is 22.5. The van der Waals surface area contributed by atoms with Crippen LogP contribution in [0.5, 0.6) is 5.75 Å². The van der Waals surface area contributed by atoms with Gasteiger partial charge in [0, 0.05) is 18.6 Å². The van der Waals surface area contributed by atoms with Gasteiger partial charge in [0.15, 0.2) is 0 Å². The summed E-state index contributed by atoms with van der Waals surface area (Å²) in [6.45, 7) is 10.8. The number of urea groups is 1. The van der Waals surface area contributed by atoms with E-state index in [-0.39, 0.29) is 22.2 Å². The maximum absolute atomic E-state index is 13.0. The largest absolute Gasteiger partial charge is 0.379 e. The van der Waals surface area contributed by atoms with Crippen LogP contribution in [-0.4, -0.2) is 31.4 Å². The molecular formula is C22H29FN2O4S. The van der Waals surface area contributed by atoms with E-state index < -0.39 is 15.9 Å². The van der Waals surface area contributed by atoms with Crippen LogP contribution in [0.25, 0.3) is 0 Å². The summed E-state index contributed by atoms with van der Waals surface area (Å²) in [5.41, 5.74) is 0.491. The van der Waals surface area contributed by atoms with E-state index >= 15 is 0 Å². The Bertz CT molecular complexity index is 950. The highest BCUT2D eigenvalue weighted by Crippen LogP contribution is 2.20. The van der Waals surface area contributed by atoms with Gasteiger partial charge in [-0.25, -0.2) is 9.18 Å². The topological polar surface area (TPSA) is 75.7 Å². The molecule has 1 N–H and O–H groups in total. The van der Waals surface area contributed by atoms with E-state index in [1.165, 1.54) is 12.1 Å². The second-order valence-corrected chi connectivity index (χ2v) is 10.1. The molecule has 2 amide bonds. The molecule has 2 aromatic carbocycles. The summed E-state index contributed by atoms with van der Waals surface area (Å²) < 4.78 is 42.8. The maximum atomic E-state index is 13.0. The van der Waals surface area contributed by atoms with Crippen molar-refractivity contribution in [3.63, 3.8) is 0 Å². The Morgan fingerprint density at radius 2 is 1.63 bits per heavy atom. The van der Waals surface area contributed by atoms with E-state index in [1.807, 2.05) is 34.6 Å². The number of amides is 2. The van der Waals surface area contributed by atoms with Gasteiger partial charge in [0.05, 0.1) is 0 Å². The minimum Gasteiger partial charge on any atom is -0.379 e. The molecule has 0 aromatic heterocycles. The van der Waals surface area contributed by atoms with Crippen molar-refractivity contribution in [2.45, 2.75) is 51.6 Å². The first-order chi connectivity index (χ1) is 13.9. The summed E-state index contributed by atoms with van der Waals surface area (Å²) in [7, 11) is -4.06. The molecule has 0 spiro atoms. The van der Waals surface area contributed by atoms with Crippen molar-refractivity contribution in [1.82, 2.24) is 10.2 Å². The van der Waals surface area contributed by atoms with Crippen molar-refractivity contribution in [3.8, 4) is 5.75 Å². The second kappa shape index (κ2) is 9.47. The van der Waals surface area contributed by atoms with Crippen LogP contribution in [0.1, 0.15) is 40.2 Å². The van der Waals surface area contributed by atoms with Gasteiger partial charge >= 0.3 is 16.1 Å². The molecule has 30 heavy (non-hydrogen) atoms. The van der Waals surface area contributed by atoms with Gasteiger partial charge in [0.25, 0.3) is 0 Å². The van der Waals surface area contributed by atoms with E-state index in [0.29, 0.717) is 19.0 Å². The van der Waals surface area contributed by atoms with E-state index in [0.717, 1.165) is 29.8 Å². The molecule has 2 rings (SSSR count). The maximum Gasteiger partial charge on any atom is 0.339 e. The zero-order valence-electron chi connectivity index (χ0n) is 18.0. The fourth-order valence-electron chi connectivity index (χ4n) is 2.71. The number of nitrogens with zero attached hydrogens (tertiary/aromatic N) is 1. The summed E-state index contributed by atoms with van der Waals surface area (Å²) in [5.74, 6) is -0.100. The standard InChI is InChI=1S/C22H29FN2O4S/c1-16(2)14-25(21(26)24-22(3,4)5)15-17-6-10-19(11-7-17)29-30(27,28)20-12-8-18(23)9-13-20/h6-13,16H,14-15H2,1-5H3,(H,24,26). The fourth-order valence-corrected chi connectivity index (χ4v) is 3.64. The molecule has 0 heterocycles. The first-order valence-electron chi connectivity index (χ1n) is 9.72. The summed E-state index contributed by atoms with van der Waals surface area (Å²) >= 11 is 0. The Balaban J connectivity index is 2.11. The van der Waals surface area contributed by atoms with E-state index in [2.05, 4.69) is 5.32 Å². The third-order valence-electron chi connectivity index (χ3n) is 3.96. The van der Waals surface area contributed by atoms with Crippen LogP contribution < -0.4 is 9.50 Å². The molecule has 0 aliphatic carbocycles. The van der Waals surface area contributed by atoms with Gasteiger partial charge in [-0.15, -0.1) is 0 Å². The molecule has 164 valence electrons. The Morgan fingerprint density at radius 1 is 1.07 bits per heavy atom. The van der Waals surface area contributed by atoms with Crippen LogP contribution in [0.15, 0.2) is 53.4 Å². The second-order valence-electron chi connectivity index (χ2n) is 8.59. The van der Waals surface area contributed by atoms with Crippen LogP contribution in [-0.2, 0) is 16.7 Å². The number of carbonyl (C=O) groups excluding carboxylic acids is 1. The fraction of sp³-hybridized carbons (Fsp3) is 0.409. The average molecular weight is 437 g/mol. The third kappa shape index (κ3) is 7.33. The van der Waals surface area contributed by atoms with Crippen LogP contribution in [0.3, 0.4) is 0 Å². The number of halogens is 1. The lowest BCUT2D eigenvalue weighted by atomic mass is 10.1. The van der Waals surface area contributed by atoms with Crippen molar-refractivity contribution in [1.29, 1.82) is 0 Å². The third-order valence-corrected chi connectivity index (χ3v) is 5.22. The molecule has 8 heteroatoms. The highest BCUT2D eigenvalue weighted by molar-refractivity contribution is 7.87. The van der Waals surface area contributed by atoms with E-state index in [9.17, 15) is 17.6 Å². The lowest BCUT2D eigenvalue weighted by Gasteiger charge is -2.29. The summed E-state index contributed by atoms with van der Waals surface area (Å²) in [6.07, 6.45) is 0. The van der Waals surface area contributed by atoms with Crippen molar-refractivity contribution in [2.24, 2.45) is 5.92 Å². The molecule has 0 fully saturated rings. The van der Waals surface area contributed by atoms with Gasteiger partial charge in [-0.2, -0.15) is 8.42 Å². The molecule has 2 aromatic rings. The number of rotatable bonds is 7. The van der Waals surface area contributed by atoms with E-state index in [4.69, 9.17) is 4.18 Å². The highest BCUT2D eigenvalue weighted by atomic mass is 32.2.